The zero-order valence-corrected chi connectivity index (χ0v) is 13.6. The van der Waals surface area contributed by atoms with Gasteiger partial charge in [-0.05, 0) is 64.3 Å². The van der Waals surface area contributed by atoms with E-state index < -0.39 is 5.60 Å². The SMILES string of the molecule is CC(C)(C)OC(=O)N1CCCC[C@@H]1CNc1ccc(F)cc1. The van der Waals surface area contributed by atoms with Gasteiger partial charge in [0.25, 0.3) is 0 Å². The highest BCUT2D eigenvalue weighted by Crippen LogP contribution is 2.21. The molecule has 1 aliphatic rings. The standard InChI is InChI=1S/C17H25FN2O2/c1-17(2,3)22-16(21)20-11-5-4-6-15(20)12-19-14-9-7-13(18)8-10-14/h7-10,15,19H,4-6,11-12H2,1-3H3/t15-/m1/s1. The molecule has 1 heterocycles. The zero-order valence-electron chi connectivity index (χ0n) is 13.6. The number of carbonyl (C=O) groups excluding carboxylic acids is 1. The van der Waals surface area contributed by atoms with E-state index in [2.05, 4.69) is 5.32 Å². The van der Waals surface area contributed by atoms with Gasteiger partial charge in [-0.2, -0.15) is 0 Å². The molecule has 1 aromatic carbocycles. The van der Waals surface area contributed by atoms with Gasteiger partial charge >= 0.3 is 6.09 Å². The third kappa shape index (κ3) is 4.90. The van der Waals surface area contributed by atoms with E-state index in [-0.39, 0.29) is 18.0 Å². The van der Waals surface area contributed by atoms with Crippen molar-refractivity contribution in [2.75, 3.05) is 18.4 Å². The molecule has 2 rings (SSSR count). The molecule has 1 atom stereocenters. The Morgan fingerprint density at radius 2 is 2.00 bits per heavy atom. The Bertz CT molecular complexity index is 496. The van der Waals surface area contributed by atoms with Gasteiger partial charge in [-0.3, -0.25) is 0 Å². The van der Waals surface area contributed by atoms with Gasteiger partial charge in [0, 0.05) is 18.8 Å². The molecule has 1 aliphatic heterocycles. The molecule has 0 bridgehead atoms. The van der Waals surface area contributed by atoms with Gasteiger partial charge in [0.15, 0.2) is 0 Å². The van der Waals surface area contributed by atoms with Crippen LogP contribution in [0, 0.1) is 5.82 Å². The summed E-state index contributed by atoms with van der Waals surface area (Å²) in [7, 11) is 0. The second kappa shape index (κ2) is 6.99. The molecule has 1 fully saturated rings. The second-order valence-electron chi connectivity index (χ2n) is 6.71. The quantitative estimate of drug-likeness (QED) is 0.916. The minimum absolute atomic E-state index is 0.105. The largest absolute Gasteiger partial charge is 0.444 e. The van der Waals surface area contributed by atoms with Crippen molar-refractivity contribution in [1.82, 2.24) is 4.90 Å². The van der Waals surface area contributed by atoms with Crippen LogP contribution in [0.15, 0.2) is 24.3 Å². The van der Waals surface area contributed by atoms with Crippen LogP contribution in [0.2, 0.25) is 0 Å². The monoisotopic (exact) mass is 308 g/mol. The number of hydrogen-bond donors (Lipinski definition) is 1. The van der Waals surface area contributed by atoms with E-state index in [1.54, 1.807) is 12.1 Å². The van der Waals surface area contributed by atoms with Gasteiger partial charge in [-0.25, -0.2) is 9.18 Å². The van der Waals surface area contributed by atoms with Crippen LogP contribution in [0.25, 0.3) is 0 Å². The predicted molar refractivity (Wildman–Crippen MR) is 85.5 cm³/mol. The van der Waals surface area contributed by atoms with E-state index in [9.17, 15) is 9.18 Å². The molecule has 22 heavy (non-hydrogen) atoms. The number of halogens is 1. The molecule has 0 unspecified atom stereocenters. The van der Waals surface area contributed by atoms with Crippen molar-refractivity contribution in [3.63, 3.8) is 0 Å². The van der Waals surface area contributed by atoms with Crippen LogP contribution >= 0.6 is 0 Å². The summed E-state index contributed by atoms with van der Waals surface area (Å²) in [6.07, 6.45) is 2.81. The Kier molecular flexibility index (Phi) is 5.27. The summed E-state index contributed by atoms with van der Waals surface area (Å²) in [6.45, 7) is 7.00. The molecule has 1 N–H and O–H groups in total. The molecular weight excluding hydrogens is 283 g/mol. The number of hydrogen-bond acceptors (Lipinski definition) is 3. The highest BCUT2D eigenvalue weighted by Gasteiger charge is 2.30. The van der Waals surface area contributed by atoms with Crippen molar-refractivity contribution in [1.29, 1.82) is 0 Å². The predicted octanol–water partition coefficient (Wildman–Crippen LogP) is 4.03. The minimum atomic E-state index is -0.483. The maximum Gasteiger partial charge on any atom is 0.410 e. The van der Waals surface area contributed by atoms with Crippen molar-refractivity contribution in [2.24, 2.45) is 0 Å². The van der Waals surface area contributed by atoms with Crippen molar-refractivity contribution in [2.45, 2.75) is 51.7 Å². The maximum absolute atomic E-state index is 12.9. The van der Waals surface area contributed by atoms with Gasteiger partial charge in [-0.1, -0.05) is 0 Å². The lowest BCUT2D eigenvalue weighted by Crippen LogP contribution is -2.48. The summed E-state index contributed by atoms with van der Waals surface area (Å²) in [5.74, 6) is -0.251. The first-order valence-electron chi connectivity index (χ1n) is 7.84. The van der Waals surface area contributed by atoms with Crippen LogP contribution in [0.3, 0.4) is 0 Å². The van der Waals surface area contributed by atoms with Crippen molar-refractivity contribution >= 4 is 11.8 Å². The van der Waals surface area contributed by atoms with E-state index >= 15 is 0 Å². The van der Waals surface area contributed by atoms with E-state index in [1.165, 1.54) is 12.1 Å². The molecule has 0 aromatic heterocycles. The fourth-order valence-corrected chi connectivity index (χ4v) is 2.58. The van der Waals surface area contributed by atoms with Crippen LogP contribution in [-0.2, 0) is 4.74 Å². The first kappa shape index (κ1) is 16.6. The molecule has 0 saturated carbocycles. The van der Waals surface area contributed by atoms with E-state index in [0.717, 1.165) is 31.5 Å². The molecule has 4 nitrogen and oxygen atoms in total. The molecular formula is C17H25FN2O2. The normalized spacial score (nSPS) is 18.9. The van der Waals surface area contributed by atoms with Crippen molar-refractivity contribution < 1.29 is 13.9 Å². The van der Waals surface area contributed by atoms with Gasteiger partial charge in [-0.15, -0.1) is 0 Å². The average molecular weight is 308 g/mol. The maximum atomic E-state index is 12.9. The fraction of sp³-hybridized carbons (Fsp3) is 0.588. The Labute approximate surface area is 131 Å². The lowest BCUT2D eigenvalue weighted by Gasteiger charge is -2.37. The van der Waals surface area contributed by atoms with Crippen LogP contribution in [0.4, 0.5) is 14.9 Å². The van der Waals surface area contributed by atoms with Crippen LogP contribution in [-0.4, -0.2) is 35.7 Å². The molecule has 122 valence electrons. The second-order valence-corrected chi connectivity index (χ2v) is 6.71. The molecule has 1 aromatic rings. The van der Waals surface area contributed by atoms with Crippen molar-refractivity contribution in [3.05, 3.63) is 30.1 Å². The highest BCUT2D eigenvalue weighted by molar-refractivity contribution is 5.68. The van der Waals surface area contributed by atoms with Crippen molar-refractivity contribution in [3.8, 4) is 0 Å². The zero-order chi connectivity index (χ0) is 16.2. The van der Waals surface area contributed by atoms with Gasteiger partial charge < -0.3 is 15.0 Å². The number of rotatable bonds is 3. The molecule has 5 heteroatoms. The first-order chi connectivity index (χ1) is 10.3. The third-order valence-electron chi connectivity index (χ3n) is 3.64. The number of anilines is 1. The lowest BCUT2D eigenvalue weighted by molar-refractivity contribution is 0.0114. The first-order valence-corrected chi connectivity index (χ1v) is 7.84. The molecule has 0 aliphatic carbocycles. The summed E-state index contributed by atoms with van der Waals surface area (Å²) < 4.78 is 18.4. The fourth-order valence-electron chi connectivity index (χ4n) is 2.58. The Morgan fingerprint density at radius 3 is 2.64 bits per heavy atom. The summed E-state index contributed by atoms with van der Waals surface area (Å²) in [5, 5.41) is 3.27. The summed E-state index contributed by atoms with van der Waals surface area (Å²) in [6, 6.07) is 6.36. The number of amides is 1. The van der Waals surface area contributed by atoms with E-state index in [1.807, 2.05) is 25.7 Å². The molecule has 1 amide bonds. The molecule has 0 spiro atoms. The van der Waals surface area contributed by atoms with E-state index in [0.29, 0.717) is 6.54 Å². The van der Waals surface area contributed by atoms with Gasteiger partial charge in [0.1, 0.15) is 11.4 Å². The summed E-state index contributed by atoms with van der Waals surface area (Å²) >= 11 is 0. The van der Waals surface area contributed by atoms with Gasteiger partial charge in [0.05, 0.1) is 6.04 Å². The van der Waals surface area contributed by atoms with Crippen LogP contribution in [0.1, 0.15) is 40.0 Å². The Balaban J connectivity index is 1.94. The van der Waals surface area contributed by atoms with E-state index in [4.69, 9.17) is 4.74 Å². The van der Waals surface area contributed by atoms with Crippen LogP contribution in [0.5, 0.6) is 0 Å². The number of nitrogens with one attached hydrogen (secondary N) is 1. The Morgan fingerprint density at radius 1 is 1.32 bits per heavy atom. The number of likely N-dealkylation sites (tertiary alicyclic amines) is 1. The molecule has 1 saturated heterocycles. The molecule has 0 radical (unpaired) electrons. The summed E-state index contributed by atoms with van der Waals surface area (Å²) in [4.78, 5) is 14.1. The lowest BCUT2D eigenvalue weighted by atomic mass is 10.0. The third-order valence-corrected chi connectivity index (χ3v) is 3.64. The summed E-state index contributed by atoms with van der Waals surface area (Å²) in [5.41, 5.74) is 0.375. The van der Waals surface area contributed by atoms with Crippen LogP contribution < -0.4 is 5.32 Å². The van der Waals surface area contributed by atoms with Gasteiger partial charge in [0.2, 0.25) is 0 Å². The smallest absolute Gasteiger partial charge is 0.410 e. The minimum Gasteiger partial charge on any atom is -0.444 e. The number of nitrogens with zero attached hydrogens (tertiary/aromatic N) is 1. The average Bonchev–Trinajstić information content (AvgIpc) is 2.45. The topological polar surface area (TPSA) is 41.6 Å². The number of ether oxygens (including phenoxy) is 1. The highest BCUT2D eigenvalue weighted by atomic mass is 19.1. The Hall–Kier alpha value is -1.78. The number of piperidine rings is 1. The number of benzene rings is 1. The number of carbonyl (C=O) groups is 1.